The Morgan fingerprint density at radius 2 is 1.35 bits per heavy atom. The molecule has 0 atom stereocenters. The average molecular weight is 367 g/mol. The van der Waals surface area contributed by atoms with Gasteiger partial charge in [0.15, 0.2) is 0 Å². The van der Waals surface area contributed by atoms with Crippen LogP contribution in [0.1, 0.15) is 36.0 Å². The fraction of sp³-hybridized carbons (Fsp3) is 0.571. The van der Waals surface area contributed by atoms with Crippen molar-refractivity contribution < 1.29 is 35.6 Å². The fourth-order valence-corrected chi connectivity index (χ4v) is 2.03. The van der Waals surface area contributed by atoms with E-state index in [2.05, 4.69) is 37.4 Å². The van der Waals surface area contributed by atoms with Gasteiger partial charge in [-0.3, -0.25) is 0 Å². The normalized spacial score (nSPS) is 14.5. The summed E-state index contributed by atoms with van der Waals surface area (Å²) in [6.45, 7) is 6.86. The molecule has 0 saturated carbocycles. The van der Waals surface area contributed by atoms with Crippen LogP contribution in [-0.4, -0.2) is 18.3 Å². The zero-order chi connectivity index (χ0) is 18.2. The van der Waals surface area contributed by atoms with Crippen molar-refractivity contribution in [3.63, 3.8) is 0 Å². The van der Waals surface area contributed by atoms with Gasteiger partial charge in [0.05, 0.1) is 6.54 Å². The molecule has 9 heteroatoms. The van der Waals surface area contributed by atoms with Gasteiger partial charge in [-0.15, -0.1) is 0 Å². The predicted octanol–water partition coefficient (Wildman–Crippen LogP) is 4.91. The number of aryl methyl sites for hydroxylation is 2. The molecule has 0 aliphatic carbocycles. The van der Waals surface area contributed by atoms with Crippen LogP contribution in [0.3, 0.4) is 0 Å². The third-order valence-electron chi connectivity index (χ3n) is 2.73. The van der Waals surface area contributed by atoms with E-state index in [0.717, 1.165) is 25.9 Å². The quantitative estimate of drug-likeness (QED) is 0.401. The predicted molar refractivity (Wildman–Crippen MR) is 80.9 cm³/mol. The Morgan fingerprint density at radius 3 is 1.78 bits per heavy atom. The van der Waals surface area contributed by atoms with Crippen molar-refractivity contribution in [2.45, 2.75) is 39.7 Å². The monoisotopic (exact) mass is 367 g/mol. The Bertz CT molecular complexity index is 457. The summed E-state index contributed by atoms with van der Waals surface area (Å²) in [6, 6.07) is 6.74. The van der Waals surface area contributed by atoms with Gasteiger partial charge in [0.2, 0.25) is 0 Å². The number of hydrogen-bond donors (Lipinski definition) is 2. The first kappa shape index (κ1) is 22.1. The molecule has 0 aliphatic rings. The van der Waals surface area contributed by atoms with Gasteiger partial charge < -0.3 is 10.4 Å². The number of quaternary nitrogens is 1. The molecule has 1 aromatic rings. The Balaban J connectivity index is 0.000000585. The summed E-state index contributed by atoms with van der Waals surface area (Å²) >= 11 is 0. The third-order valence-corrected chi connectivity index (χ3v) is 2.73. The molecule has 1 aromatic carbocycles. The first-order valence-corrected chi connectivity index (χ1v) is 9.26. The summed E-state index contributed by atoms with van der Waals surface area (Å²) < 4.78 is 59.2. The molecule has 23 heavy (non-hydrogen) atoms. The molecule has 0 bridgehead atoms. The minimum absolute atomic E-state index is 0.330. The molecule has 0 fully saturated rings. The van der Waals surface area contributed by atoms with Gasteiger partial charge >= 0.3 is 33.0 Å². The number of aliphatic hydroxyl groups is 1. The van der Waals surface area contributed by atoms with Gasteiger partial charge in [0, 0.05) is 12.2 Å². The fourth-order valence-electron chi connectivity index (χ4n) is 2.03. The van der Waals surface area contributed by atoms with Crippen LogP contribution in [0.25, 0.3) is 0 Å². The molecule has 138 valence electrons. The van der Waals surface area contributed by atoms with Crippen molar-refractivity contribution in [2.75, 3.05) is 13.2 Å². The van der Waals surface area contributed by atoms with Crippen LogP contribution in [0.15, 0.2) is 18.2 Å². The average Bonchev–Trinajstić information content (AvgIpc) is 2.28. The van der Waals surface area contributed by atoms with E-state index < -0.39 is 7.81 Å². The van der Waals surface area contributed by atoms with Crippen LogP contribution in [0, 0.1) is 13.8 Å². The molecule has 0 aromatic heterocycles. The van der Waals surface area contributed by atoms with Crippen molar-refractivity contribution in [3.8, 4) is 0 Å². The Hall–Kier alpha value is -0.850. The molecule has 3 N–H and O–H groups in total. The van der Waals surface area contributed by atoms with E-state index >= 15 is 0 Å². The summed E-state index contributed by atoms with van der Waals surface area (Å²) in [7, 11) is -10.7. The minimum atomic E-state index is -10.7. The Labute approximate surface area is 132 Å². The van der Waals surface area contributed by atoms with E-state index in [0.29, 0.717) is 6.61 Å². The molecule has 0 spiro atoms. The molecular weight excluding hydrogens is 343 g/mol. The molecule has 0 heterocycles. The van der Waals surface area contributed by atoms with Crippen LogP contribution < -0.4 is 5.32 Å². The number of hydrogen-bond acceptors (Lipinski definition) is 1. The molecule has 0 aliphatic heterocycles. The molecular formula is C14H24F6NOP. The van der Waals surface area contributed by atoms with E-state index in [1.165, 1.54) is 23.1 Å². The first-order chi connectivity index (χ1) is 10.2. The zero-order valence-electron chi connectivity index (χ0n) is 13.2. The van der Waals surface area contributed by atoms with Gasteiger partial charge in [-0.05, 0) is 33.1 Å². The van der Waals surface area contributed by atoms with Crippen molar-refractivity contribution in [1.29, 1.82) is 0 Å². The summed E-state index contributed by atoms with van der Waals surface area (Å²) in [5.41, 5.74) is 4.12. The molecule has 0 radical (unpaired) electrons. The van der Waals surface area contributed by atoms with Crippen molar-refractivity contribution in [3.05, 3.63) is 34.9 Å². The second-order valence-corrected chi connectivity index (χ2v) is 7.44. The number of unbranched alkanes of at least 4 members (excludes halogenated alkanes) is 2. The number of aliphatic hydroxyl groups excluding tert-OH is 1. The summed E-state index contributed by atoms with van der Waals surface area (Å²) in [6.07, 6.45) is 3.28. The SMILES string of the molecule is Cc1cc(C)cc(C[NH2+]CCCCCO)c1.F[P-](F)(F)(F)(F)F. The third kappa shape index (κ3) is 21.1. The molecule has 0 amide bonds. The molecule has 0 saturated heterocycles. The summed E-state index contributed by atoms with van der Waals surface area (Å²) in [5.74, 6) is 0. The van der Waals surface area contributed by atoms with Gasteiger partial charge in [-0.25, -0.2) is 0 Å². The standard InChI is InChI=1S/C14H23NO.F6P/c1-12-8-13(2)10-14(9-12)11-15-6-4-3-5-7-16;1-7(2,3,4,5)6/h8-10,15-16H,3-7,11H2,1-2H3;/q;-1/p+1. The van der Waals surface area contributed by atoms with Crippen LogP contribution in [0.2, 0.25) is 0 Å². The summed E-state index contributed by atoms with van der Waals surface area (Å²) in [4.78, 5) is 0. The zero-order valence-corrected chi connectivity index (χ0v) is 14.1. The van der Waals surface area contributed by atoms with Gasteiger partial charge in [-0.1, -0.05) is 29.3 Å². The van der Waals surface area contributed by atoms with Crippen molar-refractivity contribution in [2.24, 2.45) is 0 Å². The van der Waals surface area contributed by atoms with Crippen LogP contribution in [0.5, 0.6) is 0 Å². The van der Waals surface area contributed by atoms with Crippen LogP contribution >= 0.6 is 7.81 Å². The molecule has 2 nitrogen and oxygen atoms in total. The Morgan fingerprint density at radius 1 is 0.870 bits per heavy atom. The number of nitrogens with two attached hydrogens (primary N) is 1. The summed E-state index contributed by atoms with van der Waals surface area (Å²) in [5, 5.41) is 11.0. The van der Waals surface area contributed by atoms with Gasteiger partial charge in [-0.2, -0.15) is 0 Å². The number of benzene rings is 1. The first-order valence-electron chi connectivity index (χ1n) is 7.23. The second-order valence-electron chi connectivity index (χ2n) is 5.52. The van der Waals surface area contributed by atoms with Crippen LogP contribution in [0.4, 0.5) is 25.2 Å². The van der Waals surface area contributed by atoms with Crippen LogP contribution in [-0.2, 0) is 6.54 Å². The topological polar surface area (TPSA) is 36.8 Å². The number of halogens is 6. The van der Waals surface area contributed by atoms with E-state index in [-0.39, 0.29) is 0 Å². The van der Waals surface area contributed by atoms with E-state index in [4.69, 9.17) is 5.11 Å². The van der Waals surface area contributed by atoms with Crippen molar-refractivity contribution >= 4 is 7.81 Å². The second kappa shape index (κ2) is 7.81. The maximum absolute atomic E-state index is 10.7. The van der Waals surface area contributed by atoms with E-state index in [1.54, 1.807) is 0 Å². The van der Waals surface area contributed by atoms with Gasteiger partial charge in [0.25, 0.3) is 0 Å². The van der Waals surface area contributed by atoms with E-state index in [1.807, 2.05) is 0 Å². The number of rotatable bonds is 7. The molecule has 0 unspecified atom stereocenters. The maximum atomic E-state index is 9.87. The Kier molecular flexibility index (Phi) is 7.53. The van der Waals surface area contributed by atoms with E-state index in [9.17, 15) is 25.2 Å². The van der Waals surface area contributed by atoms with Crippen molar-refractivity contribution in [1.82, 2.24) is 0 Å². The molecule has 1 rings (SSSR count). The van der Waals surface area contributed by atoms with Gasteiger partial charge in [0.1, 0.15) is 6.54 Å².